The molecular formula is C15H20N4O. The van der Waals surface area contributed by atoms with Crippen LogP contribution in [0.5, 0.6) is 0 Å². The van der Waals surface area contributed by atoms with Crippen LogP contribution in [0.3, 0.4) is 0 Å². The zero-order valence-electron chi connectivity index (χ0n) is 12.0. The molecule has 0 saturated carbocycles. The second kappa shape index (κ2) is 6.38. The Morgan fingerprint density at radius 3 is 2.95 bits per heavy atom. The Kier molecular flexibility index (Phi) is 4.57. The molecule has 2 N–H and O–H groups in total. The summed E-state index contributed by atoms with van der Waals surface area (Å²) in [4.78, 5) is 16.3. The number of likely N-dealkylation sites (N-methyl/N-ethyl adjacent to an activating group) is 1. The third-order valence-corrected chi connectivity index (χ3v) is 3.52. The molecule has 1 aromatic rings. The van der Waals surface area contributed by atoms with Gasteiger partial charge >= 0.3 is 0 Å². The maximum Gasteiger partial charge on any atom is 0.242 e. The first-order valence-corrected chi connectivity index (χ1v) is 7.12. The van der Waals surface area contributed by atoms with Gasteiger partial charge in [-0.2, -0.15) is 5.26 Å². The van der Waals surface area contributed by atoms with E-state index in [1.165, 1.54) is 5.56 Å². The van der Waals surface area contributed by atoms with Crippen LogP contribution in [0.1, 0.15) is 43.5 Å². The Labute approximate surface area is 119 Å². The van der Waals surface area contributed by atoms with Crippen LogP contribution in [0.2, 0.25) is 0 Å². The second-order valence-corrected chi connectivity index (χ2v) is 5.07. The van der Waals surface area contributed by atoms with E-state index in [-0.39, 0.29) is 5.91 Å². The Balaban J connectivity index is 2.22. The molecule has 5 heteroatoms. The van der Waals surface area contributed by atoms with Crippen molar-refractivity contribution in [2.75, 3.05) is 11.9 Å². The first-order chi connectivity index (χ1) is 9.65. The summed E-state index contributed by atoms with van der Waals surface area (Å²) in [6.07, 6.45) is 4.23. The van der Waals surface area contributed by atoms with Crippen molar-refractivity contribution in [3.8, 4) is 6.07 Å². The van der Waals surface area contributed by atoms with Gasteiger partial charge in [-0.15, -0.1) is 0 Å². The van der Waals surface area contributed by atoms with Crippen LogP contribution in [0.4, 0.5) is 5.82 Å². The van der Waals surface area contributed by atoms with Crippen LogP contribution in [-0.4, -0.2) is 23.5 Å². The van der Waals surface area contributed by atoms with E-state index in [4.69, 9.17) is 0 Å². The quantitative estimate of drug-likeness (QED) is 0.875. The van der Waals surface area contributed by atoms with Gasteiger partial charge in [-0.05, 0) is 51.2 Å². The molecule has 106 valence electrons. The number of fused-ring (bicyclic) bond motifs is 1. The summed E-state index contributed by atoms with van der Waals surface area (Å²) >= 11 is 0. The molecular weight excluding hydrogens is 252 g/mol. The lowest BCUT2D eigenvalue weighted by atomic mass is 9.95. The Morgan fingerprint density at radius 1 is 1.50 bits per heavy atom. The molecule has 0 bridgehead atoms. The van der Waals surface area contributed by atoms with E-state index >= 15 is 0 Å². The first-order valence-electron chi connectivity index (χ1n) is 7.12. The molecule has 2 rings (SSSR count). The highest BCUT2D eigenvalue weighted by atomic mass is 16.2. The molecule has 1 amide bonds. The van der Waals surface area contributed by atoms with E-state index in [2.05, 4.69) is 21.7 Å². The average molecular weight is 272 g/mol. The third-order valence-electron chi connectivity index (χ3n) is 3.52. The molecule has 0 aliphatic heterocycles. The fourth-order valence-electron chi connectivity index (χ4n) is 2.43. The van der Waals surface area contributed by atoms with Gasteiger partial charge in [0, 0.05) is 12.2 Å². The van der Waals surface area contributed by atoms with Gasteiger partial charge in [0.2, 0.25) is 5.91 Å². The van der Waals surface area contributed by atoms with Crippen LogP contribution in [-0.2, 0) is 17.6 Å². The topological polar surface area (TPSA) is 77.8 Å². The van der Waals surface area contributed by atoms with Crippen molar-refractivity contribution in [1.82, 2.24) is 10.3 Å². The minimum atomic E-state index is -0.406. The van der Waals surface area contributed by atoms with Gasteiger partial charge in [-0.25, -0.2) is 4.98 Å². The third kappa shape index (κ3) is 3.08. The van der Waals surface area contributed by atoms with Gasteiger partial charge in [-0.3, -0.25) is 4.79 Å². The maximum absolute atomic E-state index is 11.8. The Bertz CT molecular complexity index is 548. The molecule has 0 aromatic carbocycles. The van der Waals surface area contributed by atoms with Crippen LogP contribution in [0.15, 0.2) is 6.07 Å². The van der Waals surface area contributed by atoms with Crippen molar-refractivity contribution in [3.63, 3.8) is 0 Å². The normalized spacial score (nSPS) is 14.8. The SMILES string of the molecule is CCNC(=O)C(C)Nc1nc2c(cc1C#N)CCCC2. The van der Waals surface area contributed by atoms with Crippen molar-refractivity contribution in [3.05, 3.63) is 22.9 Å². The highest BCUT2D eigenvalue weighted by Gasteiger charge is 2.18. The number of rotatable bonds is 4. The lowest BCUT2D eigenvalue weighted by molar-refractivity contribution is -0.121. The zero-order valence-corrected chi connectivity index (χ0v) is 12.0. The van der Waals surface area contributed by atoms with Crippen molar-refractivity contribution >= 4 is 11.7 Å². The summed E-state index contributed by atoms with van der Waals surface area (Å²) in [6.45, 7) is 4.24. The van der Waals surface area contributed by atoms with Crippen LogP contribution < -0.4 is 10.6 Å². The monoisotopic (exact) mass is 272 g/mol. The lowest BCUT2D eigenvalue weighted by Crippen LogP contribution is -2.37. The molecule has 1 aliphatic carbocycles. The standard InChI is InChI=1S/C15H20N4O/c1-3-17-15(20)10(2)18-14-12(9-16)8-11-6-4-5-7-13(11)19-14/h8,10H,3-7H2,1-2H3,(H,17,20)(H,18,19). The predicted molar refractivity (Wildman–Crippen MR) is 77.4 cm³/mol. The number of carbonyl (C=O) groups is 1. The molecule has 0 spiro atoms. The molecule has 1 heterocycles. The number of aryl methyl sites for hydroxylation is 2. The largest absolute Gasteiger partial charge is 0.358 e. The molecule has 1 aliphatic rings. The highest BCUT2D eigenvalue weighted by Crippen LogP contribution is 2.24. The summed E-state index contributed by atoms with van der Waals surface area (Å²) in [5, 5.41) is 15.0. The molecule has 5 nitrogen and oxygen atoms in total. The predicted octanol–water partition coefficient (Wildman–Crippen LogP) is 1.77. The van der Waals surface area contributed by atoms with Gasteiger partial charge < -0.3 is 10.6 Å². The number of hydrogen-bond acceptors (Lipinski definition) is 4. The number of amides is 1. The highest BCUT2D eigenvalue weighted by molar-refractivity contribution is 5.84. The number of anilines is 1. The molecule has 0 fully saturated rings. The van der Waals surface area contributed by atoms with Crippen molar-refractivity contribution in [2.24, 2.45) is 0 Å². The summed E-state index contributed by atoms with van der Waals surface area (Å²) < 4.78 is 0. The van der Waals surface area contributed by atoms with Crippen molar-refractivity contribution in [1.29, 1.82) is 5.26 Å². The summed E-state index contributed by atoms with van der Waals surface area (Å²) in [7, 11) is 0. The number of nitriles is 1. The molecule has 1 atom stereocenters. The van der Waals surface area contributed by atoms with E-state index < -0.39 is 6.04 Å². The van der Waals surface area contributed by atoms with Gasteiger partial charge in [0.1, 0.15) is 17.9 Å². The van der Waals surface area contributed by atoms with Crippen LogP contribution >= 0.6 is 0 Å². The smallest absolute Gasteiger partial charge is 0.242 e. The molecule has 0 saturated heterocycles. The molecule has 1 aromatic heterocycles. The number of carbonyl (C=O) groups excluding carboxylic acids is 1. The van der Waals surface area contributed by atoms with E-state index in [0.29, 0.717) is 17.9 Å². The fourth-order valence-corrected chi connectivity index (χ4v) is 2.43. The molecule has 0 radical (unpaired) electrons. The Morgan fingerprint density at radius 2 is 2.25 bits per heavy atom. The number of hydrogen-bond donors (Lipinski definition) is 2. The maximum atomic E-state index is 11.8. The van der Waals surface area contributed by atoms with E-state index in [1.807, 2.05) is 13.0 Å². The minimum absolute atomic E-state index is 0.0871. The van der Waals surface area contributed by atoms with Gasteiger partial charge in [0.15, 0.2) is 0 Å². The number of aromatic nitrogens is 1. The van der Waals surface area contributed by atoms with Gasteiger partial charge in [0.05, 0.1) is 5.56 Å². The second-order valence-electron chi connectivity index (χ2n) is 5.07. The van der Waals surface area contributed by atoms with Crippen LogP contribution in [0.25, 0.3) is 0 Å². The Hall–Kier alpha value is -2.09. The van der Waals surface area contributed by atoms with Crippen LogP contribution in [0, 0.1) is 11.3 Å². The number of nitrogens with one attached hydrogen (secondary N) is 2. The van der Waals surface area contributed by atoms with E-state index in [9.17, 15) is 10.1 Å². The van der Waals surface area contributed by atoms with Gasteiger partial charge in [-0.1, -0.05) is 0 Å². The zero-order chi connectivity index (χ0) is 14.5. The van der Waals surface area contributed by atoms with Crippen molar-refractivity contribution in [2.45, 2.75) is 45.6 Å². The number of pyridine rings is 1. The molecule has 20 heavy (non-hydrogen) atoms. The summed E-state index contributed by atoms with van der Waals surface area (Å²) in [6, 6.07) is 3.67. The number of nitrogens with zero attached hydrogens (tertiary/aromatic N) is 2. The average Bonchev–Trinajstić information content (AvgIpc) is 2.46. The van der Waals surface area contributed by atoms with E-state index in [1.54, 1.807) is 6.92 Å². The fraction of sp³-hybridized carbons (Fsp3) is 0.533. The summed E-state index contributed by atoms with van der Waals surface area (Å²) in [5.41, 5.74) is 2.74. The minimum Gasteiger partial charge on any atom is -0.358 e. The first kappa shape index (κ1) is 14.3. The van der Waals surface area contributed by atoms with Crippen molar-refractivity contribution < 1.29 is 4.79 Å². The molecule has 1 unspecified atom stereocenters. The summed E-state index contributed by atoms with van der Waals surface area (Å²) in [5.74, 6) is 0.433. The lowest BCUT2D eigenvalue weighted by Gasteiger charge is -2.19. The van der Waals surface area contributed by atoms with Gasteiger partial charge in [0.25, 0.3) is 0 Å². The van der Waals surface area contributed by atoms with E-state index in [0.717, 1.165) is 31.4 Å².